The van der Waals surface area contributed by atoms with E-state index in [1.807, 2.05) is 51.1 Å². The third-order valence-electron chi connectivity index (χ3n) is 3.84. The summed E-state index contributed by atoms with van der Waals surface area (Å²) in [4.78, 5) is 12.6. The van der Waals surface area contributed by atoms with Gasteiger partial charge in [0.1, 0.15) is 11.8 Å². The van der Waals surface area contributed by atoms with Crippen molar-refractivity contribution in [1.82, 2.24) is 10.0 Å². The normalized spacial score (nSPS) is 12.6. The summed E-state index contributed by atoms with van der Waals surface area (Å²) >= 11 is 6.12. The molecule has 0 radical (unpaired) electrons. The fourth-order valence-electron chi connectivity index (χ4n) is 2.60. The van der Waals surface area contributed by atoms with Gasteiger partial charge in [-0.05, 0) is 51.0 Å². The Morgan fingerprint density at radius 2 is 1.82 bits per heavy atom. The van der Waals surface area contributed by atoms with Crippen LogP contribution in [0.2, 0.25) is 5.02 Å². The first kappa shape index (κ1) is 22.2. The number of rotatable bonds is 9. The summed E-state index contributed by atoms with van der Waals surface area (Å²) in [5, 5.41) is 2.95. The van der Waals surface area contributed by atoms with Gasteiger partial charge in [0.2, 0.25) is 15.9 Å². The molecule has 0 spiro atoms. The molecular formula is C20H25ClN2O4S. The van der Waals surface area contributed by atoms with E-state index in [-0.39, 0.29) is 28.3 Å². The molecule has 0 unspecified atom stereocenters. The predicted octanol–water partition coefficient (Wildman–Crippen LogP) is 3.15. The van der Waals surface area contributed by atoms with Gasteiger partial charge in [-0.3, -0.25) is 4.79 Å². The Morgan fingerprint density at radius 1 is 1.14 bits per heavy atom. The largest absolute Gasteiger partial charge is 0.492 e. The summed E-state index contributed by atoms with van der Waals surface area (Å²) in [6.45, 7) is 5.86. The van der Waals surface area contributed by atoms with Gasteiger partial charge in [0.15, 0.2) is 0 Å². The Hall–Kier alpha value is -2.09. The lowest BCUT2D eigenvalue weighted by atomic mass is 10.1. The van der Waals surface area contributed by atoms with Gasteiger partial charge < -0.3 is 10.1 Å². The van der Waals surface area contributed by atoms with E-state index in [4.69, 9.17) is 16.3 Å². The zero-order valence-electron chi connectivity index (χ0n) is 16.1. The van der Waals surface area contributed by atoms with Crippen LogP contribution in [0.25, 0.3) is 0 Å². The Balaban J connectivity index is 2.28. The average molecular weight is 425 g/mol. The summed E-state index contributed by atoms with van der Waals surface area (Å²) < 4.78 is 33.5. The van der Waals surface area contributed by atoms with Crippen LogP contribution in [0.5, 0.6) is 5.75 Å². The molecule has 2 aromatic carbocycles. The van der Waals surface area contributed by atoms with E-state index in [9.17, 15) is 13.2 Å². The Labute approximate surface area is 171 Å². The standard InChI is InChI=1S/C20H25ClN2O4S/c1-4-27-19-11-10-16(13-17(19)21)28(25,26)23-18(20(24)22-14(2)3)12-15-8-6-5-7-9-15/h5-11,13-14,18,23H,4,12H2,1-3H3,(H,22,24)/t18-/m0/s1. The van der Waals surface area contributed by atoms with Gasteiger partial charge in [-0.15, -0.1) is 0 Å². The van der Waals surface area contributed by atoms with Crippen molar-refractivity contribution in [1.29, 1.82) is 0 Å². The lowest BCUT2D eigenvalue weighted by molar-refractivity contribution is -0.123. The molecule has 0 aliphatic rings. The van der Waals surface area contributed by atoms with Gasteiger partial charge in [-0.1, -0.05) is 41.9 Å². The number of amides is 1. The van der Waals surface area contributed by atoms with Crippen LogP contribution in [0.1, 0.15) is 26.3 Å². The number of sulfonamides is 1. The average Bonchev–Trinajstić information content (AvgIpc) is 2.63. The molecule has 2 rings (SSSR count). The van der Waals surface area contributed by atoms with Crippen molar-refractivity contribution in [3.8, 4) is 5.75 Å². The minimum atomic E-state index is -3.97. The van der Waals surface area contributed by atoms with Crippen LogP contribution in [0.15, 0.2) is 53.4 Å². The molecule has 6 nitrogen and oxygen atoms in total. The molecular weight excluding hydrogens is 400 g/mol. The highest BCUT2D eigenvalue weighted by Gasteiger charge is 2.27. The van der Waals surface area contributed by atoms with Gasteiger partial charge in [-0.25, -0.2) is 8.42 Å². The summed E-state index contributed by atoms with van der Waals surface area (Å²) in [6, 6.07) is 12.4. The van der Waals surface area contributed by atoms with Crippen molar-refractivity contribution in [3.63, 3.8) is 0 Å². The first-order valence-electron chi connectivity index (χ1n) is 9.02. The van der Waals surface area contributed by atoms with Crippen molar-refractivity contribution in [3.05, 3.63) is 59.1 Å². The maximum absolute atomic E-state index is 12.9. The number of halogens is 1. The lowest BCUT2D eigenvalue weighted by Crippen LogP contribution is -2.49. The fourth-order valence-corrected chi connectivity index (χ4v) is 4.12. The van der Waals surface area contributed by atoms with Gasteiger partial charge in [-0.2, -0.15) is 4.72 Å². The van der Waals surface area contributed by atoms with Crippen LogP contribution in [0.3, 0.4) is 0 Å². The third kappa shape index (κ3) is 6.22. The lowest BCUT2D eigenvalue weighted by Gasteiger charge is -2.20. The molecule has 0 aromatic heterocycles. The Morgan fingerprint density at radius 3 is 2.39 bits per heavy atom. The predicted molar refractivity (Wildman–Crippen MR) is 110 cm³/mol. The molecule has 0 aliphatic heterocycles. The van der Waals surface area contributed by atoms with Crippen molar-refractivity contribution >= 4 is 27.5 Å². The molecule has 8 heteroatoms. The highest BCUT2D eigenvalue weighted by Crippen LogP contribution is 2.27. The fraction of sp³-hybridized carbons (Fsp3) is 0.350. The van der Waals surface area contributed by atoms with Crippen molar-refractivity contribution in [2.24, 2.45) is 0 Å². The molecule has 0 bridgehead atoms. The summed E-state index contributed by atoms with van der Waals surface area (Å²) in [7, 11) is -3.97. The number of hydrogen-bond donors (Lipinski definition) is 2. The van der Waals surface area contributed by atoms with E-state index in [1.54, 1.807) is 0 Å². The molecule has 2 aromatic rings. The first-order chi connectivity index (χ1) is 13.2. The SMILES string of the molecule is CCOc1ccc(S(=O)(=O)N[C@@H](Cc2ccccc2)C(=O)NC(C)C)cc1Cl. The number of hydrogen-bond acceptors (Lipinski definition) is 4. The van der Waals surface area contributed by atoms with Crippen LogP contribution in [-0.2, 0) is 21.2 Å². The maximum Gasteiger partial charge on any atom is 0.241 e. The molecule has 0 saturated heterocycles. The Kier molecular flexibility index (Phi) is 7.86. The quantitative estimate of drug-likeness (QED) is 0.647. The number of carbonyl (C=O) groups is 1. The molecule has 0 fully saturated rings. The van der Waals surface area contributed by atoms with Crippen molar-refractivity contribution < 1.29 is 17.9 Å². The van der Waals surface area contributed by atoms with E-state index in [2.05, 4.69) is 10.0 Å². The second kappa shape index (κ2) is 9.91. The number of carbonyl (C=O) groups excluding carboxylic acids is 1. The Bertz CT molecular complexity index is 902. The third-order valence-corrected chi connectivity index (χ3v) is 5.61. The second-order valence-corrected chi connectivity index (χ2v) is 8.67. The number of benzene rings is 2. The second-order valence-electron chi connectivity index (χ2n) is 6.55. The molecule has 0 saturated carbocycles. The monoisotopic (exact) mass is 424 g/mol. The number of nitrogens with one attached hydrogen (secondary N) is 2. The summed E-state index contributed by atoms with van der Waals surface area (Å²) in [5.41, 5.74) is 0.846. The van der Waals surface area contributed by atoms with Gasteiger partial charge in [0, 0.05) is 6.04 Å². The van der Waals surface area contributed by atoms with Gasteiger partial charge in [0.05, 0.1) is 16.5 Å². The molecule has 0 aliphatic carbocycles. The van der Waals surface area contributed by atoms with E-state index < -0.39 is 16.1 Å². The van der Waals surface area contributed by atoms with E-state index >= 15 is 0 Å². The van der Waals surface area contributed by atoms with E-state index in [1.165, 1.54) is 18.2 Å². The van der Waals surface area contributed by atoms with Crippen LogP contribution in [-0.4, -0.2) is 33.0 Å². The molecule has 28 heavy (non-hydrogen) atoms. The zero-order chi connectivity index (χ0) is 20.7. The number of ether oxygens (including phenoxy) is 1. The topological polar surface area (TPSA) is 84.5 Å². The maximum atomic E-state index is 12.9. The van der Waals surface area contributed by atoms with Crippen molar-refractivity contribution in [2.45, 2.75) is 44.2 Å². The van der Waals surface area contributed by atoms with Gasteiger partial charge in [0.25, 0.3) is 0 Å². The highest BCUT2D eigenvalue weighted by molar-refractivity contribution is 7.89. The highest BCUT2D eigenvalue weighted by atomic mass is 35.5. The summed E-state index contributed by atoms with van der Waals surface area (Å²) in [5.74, 6) is 0.0148. The molecule has 1 atom stereocenters. The van der Waals surface area contributed by atoms with Crippen LogP contribution in [0.4, 0.5) is 0 Å². The van der Waals surface area contributed by atoms with E-state index in [0.717, 1.165) is 5.56 Å². The molecule has 1 amide bonds. The zero-order valence-corrected chi connectivity index (χ0v) is 17.7. The first-order valence-corrected chi connectivity index (χ1v) is 10.9. The van der Waals surface area contributed by atoms with Gasteiger partial charge >= 0.3 is 0 Å². The minimum absolute atomic E-state index is 0.0311. The van der Waals surface area contributed by atoms with Crippen molar-refractivity contribution in [2.75, 3.05) is 6.61 Å². The molecule has 0 heterocycles. The molecule has 2 N–H and O–H groups in total. The minimum Gasteiger partial charge on any atom is -0.492 e. The van der Waals surface area contributed by atoms with E-state index in [0.29, 0.717) is 12.4 Å². The molecule has 152 valence electrons. The summed E-state index contributed by atoms with van der Waals surface area (Å²) in [6.07, 6.45) is 0.226. The van der Waals surface area contributed by atoms with Crippen LogP contribution < -0.4 is 14.8 Å². The smallest absolute Gasteiger partial charge is 0.241 e. The van der Waals surface area contributed by atoms with Crippen LogP contribution >= 0.6 is 11.6 Å². The van der Waals surface area contributed by atoms with Crippen LogP contribution in [0, 0.1) is 0 Å².